The van der Waals surface area contributed by atoms with Gasteiger partial charge in [-0.25, -0.2) is 9.97 Å². The molecular weight excluding hydrogens is 300 g/mol. The smallest absolute Gasteiger partial charge is 0.224 e. The molecule has 2 heterocycles. The van der Waals surface area contributed by atoms with Crippen LogP contribution in [0.4, 0.5) is 5.69 Å². The molecule has 0 aliphatic carbocycles. The zero-order chi connectivity index (χ0) is 16.8. The molecule has 0 unspecified atom stereocenters. The molecule has 0 aliphatic rings. The molecule has 0 saturated heterocycles. The minimum absolute atomic E-state index is 0.0132. The summed E-state index contributed by atoms with van der Waals surface area (Å²) in [5.74, 6) is 1.67. The van der Waals surface area contributed by atoms with Gasteiger partial charge in [0.05, 0.1) is 11.9 Å². The van der Waals surface area contributed by atoms with Crippen molar-refractivity contribution in [3.8, 4) is 5.82 Å². The van der Waals surface area contributed by atoms with Crippen molar-refractivity contribution < 1.29 is 4.79 Å². The molecule has 0 bridgehead atoms. The molecule has 5 nitrogen and oxygen atoms in total. The van der Waals surface area contributed by atoms with Crippen LogP contribution in [0.15, 0.2) is 61.1 Å². The number of hydrogen-bond donors (Lipinski definition) is 1. The van der Waals surface area contributed by atoms with Gasteiger partial charge in [-0.1, -0.05) is 30.3 Å². The summed E-state index contributed by atoms with van der Waals surface area (Å²) >= 11 is 0. The molecule has 5 heteroatoms. The normalized spacial score (nSPS) is 10.5. The topological polar surface area (TPSA) is 59.8 Å². The van der Waals surface area contributed by atoms with E-state index in [2.05, 4.69) is 27.4 Å². The summed E-state index contributed by atoms with van der Waals surface area (Å²) in [6, 6.07) is 13.9. The molecular formula is C19H20N4O. The molecule has 1 aromatic carbocycles. The lowest BCUT2D eigenvalue weighted by Crippen LogP contribution is -2.12. The number of aryl methyl sites for hydroxylation is 2. The average Bonchev–Trinajstić information content (AvgIpc) is 3.03. The maximum absolute atomic E-state index is 12.0. The Kier molecular flexibility index (Phi) is 5.01. The number of aromatic nitrogens is 3. The lowest BCUT2D eigenvalue weighted by Gasteiger charge is -2.07. The van der Waals surface area contributed by atoms with E-state index >= 15 is 0 Å². The fraction of sp³-hybridized carbons (Fsp3) is 0.211. The van der Waals surface area contributed by atoms with E-state index in [1.165, 1.54) is 5.56 Å². The third-order valence-electron chi connectivity index (χ3n) is 3.82. The Bertz CT molecular complexity index is 794. The van der Waals surface area contributed by atoms with E-state index in [1.54, 1.807) is 12.4 Å². The quantitative estimate of drug-likeness (QED) is 0.756. The maximum Gasteiger partial charge on any atom is 0.224 e. The first-order valence-corrected chi connectivity index (χ1v) is 8.02. The Labute approximate surface area is 141 Å². The predicted octanol–water partition coefficient (Wildman–Crippen LogP) is 3.54. The lowest BCUT2D eigenvalue weighted by molar-refractivity contribution is -0.116. The molecule has 0 aliphatic heterocycles. The van der Waals surface area contributed by atoms with Crippen LogP contribution >= 0.6 is 0 Å². The number of rotatable bonds is 6. The van der Waals surface area contributed by atoms with E-state index in [0.717, 1.165) is 24.5 Å². The van der Waals surface area contributed by atoms with Crippen LogP contribution in [-0.4, -0.2) is 20.4 Å². The Morgan fingerprint density at radius 1 is 1.12 bits per heavy atom. The average molecular weight is 320 g/mol. The van der Waals surface area contributed by atoms with Gasteiger partial charge in [0.25, 0.3) is 0 Å². The van der Waals surface area contributed by atoms with Crippen molar-refractivity contribution >= 4 is 11.6 Å². The molecule has 3 rings (SSSR count). The molecule has 24 heavy (non-hydrogen) atoms. The van der Waals surface area contributed by atoms with Crippen molar-refractivity contribution in [1.29, 1.82) is 0 Å². The Balaban J connectivity index is 1.50. The molecule has 0 spiro atoms. The molecule has 0 saturated carbocycles. The van der Waals surface area contributed by atoms with Crippen LogP contribution in [0.5, 0.6) is 0 Å². The van der Waals surface area contributed by atoms with Gasteiger partial charge >= 0.3 is 0 Å². The van der Waals surface area contributed by atoms with Gasteiger partial charge in [-0.15, -0.1) is 0 Å². The largest absolute Gasteiger partial charge is 0.325 e. The van der Waals surface area contributed by atoms with Crippen LogP contribution in [0.3, 0.4) is 0 Å². The van der Waals surface area contributed by atoms with E-state index in [9.17, 15) is 4.79 Å². The first-order valence-electron chi connectivity index (χ1n) is 8.02. The number of carbonyl (C=O) groups excluding carboxylic acids is 1. The highest BCUT2D eigenvalue weighted by Gasteiger charge is 2.05. The van der Waals surface area contributed by atoms with Crippen molar-refractivity contribution in [3.63, 3.8) is 0 Å². The number of nitrogens with zero attached hydrogens (tertiary/aromatic N) is 3. The number of anilines is 1. The summed E-state index contributed by atoms with van der Waals surface area (Å²) in [5.41, 5.74) is 1.97. The second-order valence-corrected chi connectivity index (χ2v) is 5.64. The number of hydrogen-bond acceptors (Lipinski definition) is 3. The van der Waals surface area contributed by atoms with Gasteiger partial charge in [-0.3, -0.25) is 9.36 Å². The minimum Gasteiger partial charge on any atom is -0.325 e. The van der Waals surface area contributed by atoms with Crippen molar-refractivity contribution in [2.75, 3.05) is 5.32 Å². The van der Waals surface area contributed by atoms with Crippen LogP contribution in [0, 0.1) is 6.92 Å². The molecule has 1 N–H and O–H groups in total. The third kappa shape index (κ3) is 4.07. The summed E-state index contributed by atoms with van der Waals surface area (Å²) in [6.07, 6.45) is 7.50. The zero-order valence-electron chi connectivity index (χ0n) is 13.6. The van der Waals surface area contributed by atoms with Crippen LogP contribution in [0.25, 0.3) is 5.82 Å². The van der Waals surface area contributed by atoms with Gasteiger partial charge in [-0.2, -0.15) is 0 Å². The van der Waals surface area contributed by atoms with E-state index in [4.69, 9.17) is 0 Å². The van der Waals surface area contributed by atoms with Gasteiger partial charge in [-0.05, 0) is 37.5 Å². The number of amides is 1. The predicted molar refractivity (Wildman–Crippen MR) is 94.1 cm³/mol. The van der Waals surface area contributed by atoms with E-state index in [-0.39, 0.29) is 5.91 Å². The Morgan fingerprint density at radius 2 is 1.96 bits per heavy atom. The molecule has 122 valence electrons. The number of imidazole rings is 1. The van der Waals surface area contributed by atoms with Crippen molar-refractivity contribution in [3.05, 3.63) is 72.4 Å². The van der Waals surface area contributed by atoms with E-state index in [1.807, 2.05) is 48.0 Å². The highest BCUT2D eigenvalue weighted by Crippen LogP contribution is 2.12. The van der Waals surface area contributed by atoms with Crippen LogP contribution in [0.1, 0.15) is 24.2 Å². The molecule has 0 fully saturated rings. The van der Waals surface area contributed by atoms with Gasteiger partial charge < -0.3 is 5.32 Å². The van der Waals surface area contributed by atoms with Crippen molar-refractivity contribution in [1.82, 2.24) is 14.5 Å². The summed E-state index contributed by atoms with van der Waals surface area (Å²) in [5, 5.41) is 2.89. The van der Waals surface area contributed by atoms with Crippen molar-refractivity contribution in [2.45, 2.75) is 26.2 Å². The summed E-state index contributed by atoms with van der Waals surface area (Å²) in [7, 11) is 0. The highest BCUT2D eigenvalue weighted by molar-refractivity contribution is 5.90. The SMILES string of the molecule is Cc1nccn1-c1ccc(NC(=O)CCCc2ccccc2)cn1. The van der Waals surface area contributed by atoms with Gasteiger partial charge in [0.15, 0.2) is 0 Å². The van der Waals surface area contributed by atoms with Crippen LogP contribution in [0.2, 0.25) is 0 Å². The Hall–Kier alpha value is -2.95. The minimum atomic E-state index is 0.0132. The van der Waals surface area contributed by atoms with Crippen molar-refractivity contribution in [2.24, 2.45) is 0 Å². The number of benzene rings is 1. The maximum atomic E-state index is 12.0. The monoisotopic (exact) mass is 320 g/mol. The number of nitrogens with one attached hydrogen (secondary N) is 1. The molecule has 0 atom stereocenters. The number of pyridine rings is 1. The second-order valence-electron chi connectivity index (χ2n) is 5.64. The first-order chi connectivity index (χ1) is 11.7. The van der Waals surface area contributed by atoms with E-state index < -0.39 is 0 Å². The highest BCUT2D eigenvalue weighted by atomic mass is 16.1. The third-order valence-corrected chi connectivity index (χ3v) is 3.82. The van der Waals surface area contributed by atoms with Gasteiger partial charge in [0, 0.05) is 18.8 Å². The van der Waals surface area contributed by atoms with Crippen LogP contribution in [-0.2, 0) is 11.2 Å². The zero-order valence-corrected chi connectivity index (χ0v) is 13.6. The fourth-order valence-corrected chi connectivity index (χ4v) is 2.54. The molecule has 2 aromatic heterocycles. The molecule has 0 radical (unpaired) electrons. The summed E-state index contributed by atoms with van der Waals surface area (Å²) in [6.45, 7) is 1.92. The van der Waals surface area contributed by atoms with E-state index in [0.29, 0.717) is 12.1 Å². The molecule has 1 amide bonds. The molecule has 3 aromatic rings. The van der Waals surface area contributed by atoms with Gasteiger partial charge in [0.1, 0.15) is 11.6 Å². The second kappa shape index (κ2) is 7.55. The first kappa shape index (κ1) is 15.9. The Morgan fingerprint density at radius 3 is 2.62 bits per heavy atom. The fourth-order valence-electron chi connectivity index (χ4n) is 2.54. The summed E-state index contributed by atoms with van der Waals surface area (Å²) < 4.78 is 1.89. The standard InChI is InChI=1S/C19H20N4O/c1-15-20-12-13-23(15)18-11-10-17(14-21-18)22-19(24)9-5-8-16-6-3-2-4-7-16/h2-4,6-7,10-14H,5,8-9H2,1H3,(H,22,24). The van der Waals surface area contributed by atoms with Gasteiger partial charge in [0.2, 0.25) is 5.91 Å². The number of carbonyl (C=O) groups is 1. The summed E-state index contributed by atoms with van der Waals surface area (Å²) in [4.78, 5) is 20.6. The van der Waals surface area contributed by atoms with Crippen LogP contribution < -0.4 is 5.32 Å². The lowest BCUT2D eigenvalue weighted by atomic mass is 10.1.